The molecular weight excluding hydrogens is 234 g/mol. The number of hydrogen-bond donors (Lipinski definition) is 1. The quantitative estimate of drug-likeness (QED) is 0.818. The van der Waals surface area contributed by atoms with E-state index in [1.54, 1.807) is 0 Å². The number of hydrogen-bond acceptors (Lipinski definition) is 2. The lowest BCUT2D eigenvalue weighted by atomic mass is 9.98. The third kappa shape index (κ3) is 4.32. The predicted molar refractivity (Wildman–Crippen MR) is 80.3 cm³/mol. The van der Waals surface area contributed by atoms with Crippen LogP contribution in [0.15, 0.2) is 54.6 Å². The average molecular weight is 255 g/mol. The molecule has 19 heavy (non-hydrogen) atoms. The zero-order valence-corrected chi connectivity index (χ0v) is 11.6. The van der Waals surface area contributed by atoms with Crippen LogP contribution in [-0.2, 0) is 6.42 Å². The summed E-state index contributed by atoms with van der Waals surface area (Å²) in [5, 5.41) is 0. The van der Waals surface area contributed by atoms with Crippen LogP contribution in [0.4, 0.5) is 5.69 Å². The summed E-state index contributed by atoms with van der Waals surface area (Å²) in [5.41, 5.74) is 7.58. The molecule has 2 nitrogen and oxygen atoms in total. The van der Waals surface area contributed by atoms with Crippen molar-refractivity contribution in [3.63, 3.8) is 0 Å². The minimum Gasteiger partial charge on any atom is -0.488 e. The van der Waals surface area contributed by atoms with Crippen LogP contribution >= 0.6 is 0 Å². The molecule has 0 aliphatic rings. The summed E-state index contributed by atoms with van der Waals surface area (Å²) in [6.45, 7) is 4.23. The lowest BCUT2D eigenvalue weighted by molar-refractivity contribution is 0.0998. The van der Waals surface area contributed by atoms with Crippen molar-refractivity contribution in [2.45, 2.75) is 32.3 Å². The number of anilines is 1. The van der Waals surface area contributed by atoms with Gasteiger partial charge in [0, 0.05) is 5.69 Å². The predicted octanol–water partition coefficient (Wildman–Crippen LogP) is 4.06. The van der Waals surface area contributed by atoms with Crippen molar-refractivity contribution in [1.82, 2.24) is 0 Å². The van der Waals surface area contributed by atoms with Crippen molar-refractivity contribution in [2.24, 2.45) is 0 Å². The second-order valence-electron chi connectivity index (χ2n) is 5.42. The summed E-state index contributed by atoms with van der Waals surface area (Å²) in [6, 6.07) is 18.1. The first-order valence-electron chi connectivity index (χ1n) is 6.64. The molecule has 0 aromatic heterocycles. The number of nitrogens with two attached hydrogens (primary N) is 1. The molecule has 0 saturated heterocycles. The number of benzene rings is 2. The summed E-state index contributed by atoms with van der Waals surface area (Å²) >= 11 is 0. The lowest BCUT2D eigenvalue weighted by Gasteiger charge is -2.26. The zero-order valence-electron chi connectivity index (χ0n) is 11.6. The van der Waals surface area contributed by atoms with Gasteiger partial charge in [-0.3, -0.25) is 0 Å². The first-order chi connectivity index (χ1) is 9.05. The first kappa shape index (κ1) is 13.5. The van der Waals surface area contributed by atoms with Crippen LogP contribution in [0.2, 0.25) is 0 Å². The number of rotatable bonds is 5. The van der Waals surface area contributed by atoms with Gasteiger partial charge in [0.05, 0.1) is 0 Å². The molecule has 0 spiro atoms. The fraction of sp³-hybridized carbons (Fsp3) is 0.294. The largest absolute Gasteiger partial charge is 0.488 e. The molecule has 100 valence electrons. The van der Waals surface area contributed by atoms with Gasteiger partial charge < -0.3 is 10.5 Å². The van der Waals surface area contributed by atoms with E-state index >= 15 is 0 Å². The molecule has 0 unspecified atom stereocenters. The van der Waals surface area contributed by atoms with E-state index in [0.29, 0.717) is 0 Å². The Balaban J connectivity index is 1.93. The fourth-order valence-electron chi connectivity index (χ4n) is 2.00. The highest BCUT2D eigenvalue weighted by Crippen LogP contribution is 2.23. The molecule has 0 aliphatic carbocycles. The third-order valence-electron chi connectivity index (χ3n) is 3.13. The Morgan fingerprint density at radius 1 is 0.947 bits per heavy atom. The van der Waals surface area contributed by atoms with E-state index in [1.165, 1.54) is 5.56 Å². The zero-order chi connectivity index (χ0) is 13.7. The molecule has 2 aromatic carbocycles. The number of aryl methyl sites for hydroxylation is 1. The topological polar surface area (TPSA) is 35.2 Å². The summed E-state index contributed by atoms with van der Waals surface area (Å²) in [5.74, 6) is 0.868. The summed E-state index contributed by atoms with van der Waals surface area (Å²) in [7, 11) is 0. The molecule has 2 aromatic rings. The van der Waals surface area contributed by atoms with Crippen LogP contribution in [0.3, 0.4) is 0 Å². The van der Waals surface area contributed by atoms with Crippen LogP contribution in [0, 0.1) is 0 Å². The van der Waals surface area contributed by atoms with Crippen molar-refractivity contribution < 1.29 is 4.74 Å². The van der Waals surface area contributed by atoms with Crippen LogP contribution in [-0.4, -0.2) is 5.60 Å². The Bertz CT molecular complexity index is 503. The molecule has 2 N–H and O–H groups in total. The number of nitrogen functional groups attached to an aromatic ring is 1. The molecule has 0 fully saturated rings. The minimum atomic E-state index is -0.189. The minimum absolute atomic E-state index is 0.189. The standard InChI is InChI=1S/C17H21NO/c1-17(2,13-12-14-6-4-3-5-7-14)19-16-10-8-15(18)9-11-16/h3-11H,12-13,18H2,1-2H3. The normalized spacial score (nSPS) is 11.3. The Labute approximate surface area is 115 Å². The summed E-state index contributed by atoms with van der Waals surface area (Å²) in [4.78, 5) is 0. The monoisotopic (exact) mass is 255 g/mol. The van der Waals surface area contributed by atoms with Gasteiger partial charge in [0.15, 0.2) is 0 Å². The Kier molecular flexibility index (Phi) is 4.10. The second-order valence-corrected chi connectivity index (χ2v) is 5.42. The number of ether oxygens (including phenoxy) is 1. The lowest BCUT2D eigenvalue weighted by Crippen LogP contribution is -2.28. The Morgan fingerprint density at radius 2 is 1.58 bits per heavy atom. The molecule has 0 aliphatic heterocycles. The van der Waals surface area contributed by atoms with Gasteiger partial charge in [0.1, 0.15) is 11.4 Å². The highest BCUT2D eigenvalue weighted by molar-refractivity contribution is 5.41. The van der Waals surface area contributed by atoms with Crippen molar-refractivity contribution in [3.05, 3.63) is 60.2 Å². The van der Waals surface area contributed by atoms with Crippen molar-refractivity contribution in [1.29, 1.82) is 0 Å². The van der Waals surface area contributed by atoms with Gasteiger partial charge >= 0.3 is 0 Å². The van der Waals surface area contributed by atoms with Gasteiger partial charge in [0.25, 0.3) is 0 Å². The van der Waals surface area contributed by atoms with Gasteiger partial charge in [-0.2, -0.15) is 0 Å². The van der Waals surface area contributed by atoms with E-state index in [1.807, 2.05) is 30.3 Å². The van der Waals surface area contributed by atoms with E-state index in [-0.39, 0.29) is 5.60 Å². The van der Waals surface area contributed by atoms with Crippen LogP contribution < -0.4 is 10.5 Å². The molecule has 0 atom stereocenters. The van der Waals surface area contributed by atoms with E-state index in [0.717, 1.165) is 24.3 Å². The maximum Gasteiger partial charge on any atom is 0.120 e. The van der Waals surface area contributed by atoms with E-state index < -0.39 is 0 Å². The van der Waals surface area contributed by atoms with E-state index in [9.17, 15) is 0 Å². The van der Waals surface area contributed by atoms with Crippen molar-refractivity contribution >= 4 is 5.69 Å². The smallest absolute Gasteiger partial charge is 0.120 e. The highest BCUT2D eigenvalue weighted by Gasteiger charge is 2.19. The maximum absolute atomic E-state index is 6.02. The molecular formula is C17H21NO. The Morgan fingerprint density at radius 3 is 2.21 bits per heavy atom. The molecule has 2 rings (SSSR count). The third-order valence-corrected chi connectivity index (χ3v) is 3.13. The van der Waals surface area contributed by atoms with E-state index in [2.05, 4.69) is 38.1 Å². The Hall–Kier alpha value is -1.96. The maximum atomic E-state index is 6.02. The van der Waals surface area contributed by atoms with Gasteiger partial charge in [-0.25, -0.2) is 0 Å². The van der Waals surface area contributed by atoms with Gasteiger partial charge in [0.2, 0.25) is 0 Å². The summed E-state index contributed by atoms with van der Waals surface area (Å²) in [6.07, 6.45) is 1.99. The molecule has 2 heteroatoms. The van der Waals surface area contributed by atoms with Crippen LogP contribution in [0.5, 0.6) is 5.75 Å². The van der Waals surface area contributed by atoms with Gasteiger partial charge in [-0.05, 0) is 56.5 Å². The highest BCUT2D eigenvalue weighted by atomic mass is 16.5. The van der Waals surface area contributed by atoms with Crippen molar-refractivity contribution in [2.75, 3.05) is 5.73 Å². The SMILES string of the molecule is CC(C)(CCc1ccccc1)Oc1ccc(N)cc1. The van der Waals surface area contributed by atoms with Crippen LogP contribution in [0.1, 0.15) is 25.8 Å². The molecule has 0 radical (unpaired) electrons. The van der Waals surface area contributed by atoms with Crippen molar-refractivity contribution in [3.8, 4) is 5.75 Å². The summed E-state index contributed by atoms with van der Waals surface area (Å²) < 4.78 is 6.02. The molecule has 0 saturated carbocycles. The molecule has 0 bridgehead atoms. The van der Waals surface area contributed by atoms with Gasteiger partial charge in [-0.15, -0.1) is 0 Å². The van der Waals surface area contributed by atoms with Crippen LogP contribution in [0.25, 0.3) is 0 Å². The first-order valence-corrected chi connectivity index (χ1v) is 6.64. The van der Waals surface area contributed by atoms with E-state index in [4.69, 9.17) is 10.5 Å². The molecule has 0 amide bonds. The average Bonchev–Trinajstić information content (AvgIpc) is 2.40. The second kappa shape index (κ2) is 5.79. The molecule has 0 heterocycles. The fourth-order valence-corrected chi connectivity index (χ4v) is 2.00. The van der Waals surface area contributed by atoms with Gasteiger partial charge in [-0.1, -0.05) is 30.3 Å².